The molecule has 4 nitrogen and oxygen atoms in total. The highest BCUT2D eigenvalue weighted by Crippen LogP contribution is 2.38. The molecule has 0 aromatic heterocycles. The Labute approximate surface area is 246 Å². The third kappa shape index (κ3) is 10.7. The zero-order valence-corrected chi connectivity index (χ0v) is 28.7. The standard InChI is InChI=1S/C34H52O4Si2/c1-33(2,3)39(7,8)37-25-30-22-21-29(24-31(30)26-38-40(9,10)34(4,5)6)20-19-28-17-14-16-27(23-28)15-12-11-13-18-32(35)36/h14,16-17,21-24H,11-13,15,18,25-26H2,1-10H3,(H,35,36). The molecule has 0 radical (unpaired) electrons. The predicted octanol–water partition coefficient (Wildman–Crippen LogP) is 9.32. The first-order valence-corrected chi connectivity index (χ1v) is 20.5. The van der Waals surface area contributed by atoms with Crippen LogP contribution in [0.1, 0.15) is 95.0 Å². The van der Waals surface area contributed by atoms with Gasteiger partial charge in [-0.15, -0.1) is 0 Å². The van der Waals surface area contributed by atoms with E-state index in [1.807, 2.05) is 6.07 Å². The molecule has 6 heteroatoms. The molecule has 0 spiro atoms. The lowest BCUT2D eigenvalue weighted by molar-refractivity contribution is -0.137. The van der Waals surface area contributed by atoms with Crippen LogP contribution in [0.15, 0.2) is 42.5 Å². The minimum Gasteiger partial charge on any atom is -0.481 e. The minimum atomic E-state index is -1.91. The molecule has 0 saturated carbocycles. The first-order chi connectivity index (χ1) is 18.4. The number of carbonyl (C=O) groups is 1. The van der Waals surface area contributed by atoms with Crippen molar-refractivity contribution >= 4 is 22.6 Å². The zero-order chi connectivity index (χ0) is 30.2. The number of hydrogen-bond donors (Lipinski definition) is 1. The Kier molecular flexibility index (Phi) is 12.0. The normalized spacial score (nSPS) is 12.7. The Morgan fingerprint density at radius 1 is 0.750 bits per heavy atom. The molecular weight excluding hydrogens is 529 g/mol. The van der Waals surface area contributed by atoms with Crippen molar-refractivity contribution < 1.29 is 18.8 Å². The van der Waals surface area contributed by atoms with E-state index in [1.165, 1.54) is 11.1 Å². The molecule has 1 N–H and O–H groups in total. The van der Waals surface area contributed by atoms with E-state index in [9.17, 15) is 4.79 Å². The second kappa shape index (κ2) is 14.1. The molecule has 0 aliphatic heterocycles. The summed E-state index contributed by atoms with van der Waals surface area (Å²) in [5.41, 5.74) is 5.55. The summed E-state index contributed by atoms with van der Waals surface area (Å²) in [7, 11) is -3.80. The molecule has 0 aliphatic rings. The van der Waals surface area contributed by atoms with E-state index >= 15 is 0 Å². The lowest BCUT2D eigenvalue weighted by Crippen LogP contribution is -2.41. The van der Waals surface area contributed by atoms with Crippen LogP contribution in [0.4, 0.5) is 0 Å². The Morgan fingerprint density at radius 3 is 1.85 bits per heavy atom. The number of aryl methyl sites for hydroxylation is 1. The summed E-state index contributed by atoms with van der Waals surface area (Å²) in [6, 6.07) is 14.8. The van der Waals surface area contributed by atoms with Crippen LogP contribution >= 0.6 is 0 Å². The zero-order valence-electron chi connectivity index (χ0n) is 26.7. The highest BCUT2D eigenvalue weighted by molar-refractivity contribution is 6.74. The molecule has 220 valence electrons. The highest BCUT2D eigenvalue weighted by atomic mass is 28.4. The fourth-order valence-electron chi connectivity index (χ4n) is 3.66. The van der Waals surface area contributed by atoms with Crippen molar-refractivity contribution in [2.24, 2.45) is 0 Å². The monoisotopic (exact) mass is 580 g/mol. The van der Waals surface area contributed by atoms with Gasteiger partial charge in [0, 0.05) is 17.5 Å². The van der Waals surface area contributed by atoms with Crippen molar-refractivity contribution in [2.45, 2.75) is 123 Å². The van der Waals surface area contributed by atoms with Crippen LogP contribution in [0.3, 0.4) is 0 Å². The lowest BCUT2D eigenvalue weighted by Gasteiger charge is -2.37. The number of carboxylic acid groups (broad SMARTS) is 1. The molecule has 0 saturated heterocycles. The van der Waals surface area contributed by atoms with E-state index in [1.54, 1.807) is 0 Å². The van der Waals surface area contributed by atoms with E-state index in [-0.39, 0.29) is 16.5 Å². The van der Waals surface area contributed by atoms with Gasteiger partial charge in [-0.1, -0.05) is 78.0 Å². The molecular formula is C34H52O4Si2. The van der Waals surface area contributed by atoms with Gasteiger partial charge in [-0.2, -0.15) is 0 Å². The summed E-state index contributed by atoms with van der Waals surface area (Å²) in [4.78, 5) is 10.7. The first kappa shape index (κ1) is 34.0. The van der Waals surface area contributed by atoms with Crippen molar-refractivity contribution in [1.82, 2.24) is 0 Å². The number of hydrogen-bond acceptors (Lipinski definition) is 3. The molecule has 2 aromatic rings. The third-order valence-corrected chi connectivity index (χ3v) is 17.6. The van der Waals surface area contributed by atoms with Crippen LogP contribution in [0.2, 0.25) is 36.3 Å². The molecule has 0 heterocycles. The third-order valence-electron chi connectivity index (χ3n) is 8.63. The van der Waals surface area contributed by atoms with Crippen LogP contribution in [0.5, 0.6) is 0 Å². The van der Waals surface area contributed by atoms with Crippen molar-refractivity contribution in [3.63, 3.8) is 0 Å². The van der Waals surface area contributed by atoms with Gasteiger partial charge in [0.1, 0.15) is 0 Å². The molecule has 0 bridgehead atoms. The lowest BCUT2D eigenvalue weighted by atomic mass is 10.0. The topological polar surface area (TPSA) is 55.8 Å². The van der Waals surface area contributed by atoms with Gasteiger partial charge in [0.2, 0.25) is 0 Å². The van der Waals surface area contributed by atoms with Crippen LogP contribution in [-0.2, 0) is 33.3 Å². The van der Waals surface area contributed by atoms with Crippen LogP contribution in [0.25, 0.3) is 0 Å². The van der Waals surface area contributed by atoms with Gasteiger partial charge >= 0.3 is 5.97 Å². The Hall–Kier alpha value is -2.18. The quantitative estimate of drug-likeness (QED) is 0.154. The van der Waals surface area contributed by atoms with Gasteiger partial charge in [-0.3, -0.25) is 4.79 Å². The van der Waals surface area contributed by atoms with Gasteiger partial charge < -0.3 is 14.0 Å². The number of unbranched alkanes of at least 4 members (excludes halogenated alkanes) is 2. The van der Waals surface area contributed by atoms with Gasteiger partial charge in [-0.25, -0.2) is 0 Å². The van der Waals surface area contributed by atoms with Gasteiger partial charge in [0.05, 0.1) is 13.2 Å². The van der Waals surface area contributed by atoms with E-state index in [2.05, 4.69) is 116 Å². The minimum absolute atomic E-state index is 0.142. The Morgan fingerprint density at radius 2 is 1.30 bits per heavy atom. The molecule has 0 amide bonds. The van der Waals surface area contributed by atoms with Gasteiger partial charge in [0.25, 0.3) is 0 Å². The van der Waals surface area contributed by atoms with Crippen molar-refractivity contribution in [3.8, 4) is 11.8 Å². The smallest absolute Gasteiger partial charge is 0.303 e. The maximum Gasteiger partial charge on any atom is 0.303 e. The van der Waals surface area contributed by atoms with Crippen LogP contribution in [0, 0.1) is 11.8 Å². The summed E-state index contributed by atoms with van der Waals surface area (Å²) in [6.45, 7) is 24.0. The molecule has 0 atom stereocenters. The number of aliphatic carboxylic acids is 1. The number of carboxylic acids is 1. The SMILES string of the molecule is CC(C)(C)[Si](C)(C)OCc1ccc(C#Cc2cccc(CCCCCC(=O)O)c2)cc1CO[Si](C)(C)C(C)(C)C. The average Bonchev–Trinajstić information content (AvgIpc) is 2.84. The molecule has 0 aliphatic carbocycles. The summed E-state index contributed by atoms with van der Waals surface area (Å²) < 4.78 is 13.2. The highest BCUT2D eigenvalue weighted by Gasteiger charge is 2.38. The average molecular weight is 581 g/mol. The maximum atomic E-state index is 10.7. The summed E-state index contributed by atoms with van der Waals surface area (Å²) in [5.74, 6) is 6.01. The molecule has 0 unspecified atom stereocenters. The fraction of sp³-hybridized carbons (Fsp3) is 0.559. The summed E-state index contributed by atoms with van der Waals surface area (Å²) >= 11 is 0. The summed E-state index contributed by atoms with van der Waals surface area (Å²) in [5, 5.41) is 9.11. The molecule has 2 aromatic carbocycles. The first-order valence-electron chi connectivity index (χ1n) is 14.6. The predicted molar refractivity (Wildman–Crippen MR) is 173 cm³/mol. The van der Waals surface area contributed by atoms with E-state index in [4.69, 9.17) is 14.0 Å². The van der Waals surface area contributed by atoms with Crippen LogP contribution < -0.4 is 0 Å². The maximum absolute atomic E-state index is 10.7. The van der Waals surface area contributed by atoms with Crippen molar-refractivity contribution in [3.05, 3.63) is 70.3 Å². The van der Waals surface area contributed by atoms with E-state index < -0.39 is 22.6 Å². The van der Waals surface area contributed by atoms with E-state index in [0.717, 1.165) is 42.4 Å². The second-order valence-electron chi connectivity index (χ2n) is 14.0. The number of rotatable bonds is 12. The Balaban J connectivity index is 2.24. The van der Waals surface area contributed by atoms with Gasteiger partial charge in [-0.05, 0) is 96.5 Å². The van der Waals surface area contributed by atoms with Gasteiger partial charge in [0.15, 0.2) is 16.6 Å². The number of benzene rings is 2. The Bertz CT molecular complexity index is 1190. The summed E-state index contributed by atoms with van der Waals surface area (Å²) in [6.07, 6.45) is 3.82. The fourth-order valence-corrected chi connectivity index (χ4v) is 5.56. The van der Waals surface area contributed by atoms with Crippen molar-refractivity contribution in [1.29, 1.82) is 0 Å². The second-order valence-corrected chi connectivity index (χ2v) is 23.6. The molecule has 2 rings (SSSR count). The van der Waals surface area contributed by atoms with Crippen LogP contribution in [-0.4, -0.2) is 27.7 Å². The largest absolute Gasteiger partial charge is 0.481 e. The molecule has 40 heavy (non-hydrogen) atoms. The van der Waals surface area contributed by atoms with E-state index in [0.29, 0.717) is 13.2 Å². The molecule has 0 fully saturated rings. The van der Waals surface area contributed by atoms with Crippen molar-refractivity contribution in [2.75, 3.05) is 0 Å².